The van der Waals surface area contributed by atoms with Crippen LogP contribution in [0.3, 0.4) is 0 Å². The molecule has 2 rings (SSSR count). The molecule has 1 atom stereocenters. The summed E-state index contributed by atoms with van der Waals surface area (Å²) in [4.78, 5) is 0. The van der Waals surface area contributed by atoms with Gasteiger partial charge in [0, 0.05) is 31.6 Å². The minimum Gasteiger partial charge on any atom is -0.508 e. The molecule has 0 bridgehead atoms. The zero-order valence-corrected chi connectivity index (χ0v) is 12.9. The van der Waals surface area contributed by atoms with Crippen molar-refractivity contribution >= 4 is 46.4 Å². The molecular weight excluding hydrogens is 326 g/mol. The average Bonchev–Trinajstić information content (AvgIpc) is 2.25. The molecule has 0 saturated heterocycles. The summed E-state index contributed by atoms with van der Waals surface area (Å²) >= 11 is 24.0. The van der Waals surface area contributed by atoms with Gasteiger partial charge in [-0.15, -0.1) is 0 Å². The summed E-state index contributed by atoms with van der Waals surface area (Å²) in [5, 5.41) is 11.9. The zero-order chi connectivity index (χ0) is 14.2. The summed E-state index contributed by atoms with van der Waals surface area (Å²) in [6.07, 6.45) is 0. The van der Waals surface area contributed by atoms with Crippen molar-refractivity contribution in [3.63, 3.8) is 0 Å². The fourth-order valence-electron chi connectivity index (χ4n) is 1.99. The fourth-order valence-corrected chi connectivity index (χ4v) is 3.18. The van der Waals surface area contributed by atoms with Gasteiger partial charge in [-0.3, -0.25) is 0 Å². The maximum absolute atomic E-state index is 10.0. The second-order valence-corrected chi connectivity index (χ2v) is 5.96. The third-order valence-corrected chi connectivity index (χ3v) is 3.86. The lowest BCUT2D eigenvalue weighted by atomic mass is 9.92. The Balaban J connectivity index is 2.52. The summed E-state index contributed by atoms with van der Waals surface area (Å²) in [6, 6.07) is 8.31. The number of rotatable bonds is 2. The SMILES string of the molecule is CC(c1cc(Cl)cc(Cl)c1)c1c(O)cc(Cl)cc1Cl. The van der Waals surface area contributed by atoms with Gasteiger partial charge in [-0.1, -0.05) is 53.3 Å². The van der Waals surface area contributed by atoms with Gasteiger partial charge in [0.2, 0.25) is 0 Å². The van der Waals surface area contributed by atoms with E-state index < -0.39 is 0 Å². The van der Waals surface area contributed by atoms with Crippen LogP contribution in [0.15, 0.2) is 30.3 Å². The second-order valence-electron chi connectivity index (χ2n) is 4.24. The number of hydrogen-bond donors (Lipinski definition) is 1. The molecule has 100 valence electrons. The van der Waals surface area contributed by atoms with E-state index in [1.807, 2.05) is 6.92 Å². The van der Waals surface area contributed by atoms with Crippen molar-refractivity contribution in [3.8, 4) is 5.75 Å². The highest BCUT2D eigenvalue weighted by atomic mass is 35.5. The Kier molecular flexibility index (Phi) is 4.52. The highest BCUT2D eigenvalue weighted by Gasteiger charge is 2.18. The molecule has 0 aromatic heterocycles. The lowest BCUT2D eigenvalue weighted by Crippen LogP contribution is -1.98. The molecule has 0 aliphatic carbocycles. The van der Waals surface area contributed by atoms with Gasteiger partial charge >= 0.3 is 0 Å². The number of hydrogen-bond acceptors (Lipinski definition) is 1. The van der Waals surface area contributed by atoms with Gasteiger partial charge in [0.15, 0.2) is 0 Å². The Hall–Kier alpha value is -0.600. The number of phenols is 1. The van der Waals surface area contributed by atoms with Gasteiger partial charge in [0.1, 0.15) is 5.75 Å². The molecule has 0 amide bonds. The second kappa shape index (κ2) is 5.80. The van der Waals surface area contributed by atoms with Crippen LogP contribution in [0.5, 0.6) is 5.75 Å². The molecule has 2 aromatic rings. The lowest BCUT2D eigenvalue weighted by Gasteiger charge is -2.17. The predicted molar refractivity (Wildman–Crippen MR) is 82.1 cm³/mol. The minimum atomic E-state index is -0.152. The Morgan fingerprint density at radius 1 is 0.842 bits per heavy atom. The van der Waals surface area contributed by atoms with Crippen molar-refractivity contribution in [2.45, 2.75) is 12.8 Å². The Labute approximate surface area is 131 Å². The number of benzene rings is 2. The van der Waals surface area contributed by atoms with Crippen LogP contribution in [0.2, 0.25) is 20.1 Å². The zero-order valence-electron chi connectivity index (χ0n) is 9.92. The molecule has 1 unspecified atom stereocenters. The van der Waals surface area contributed by atoms with Crippen molar-refractivity contribution in [1.29, 1.82) is 0 Å². The van der Waals surface area contributed by atoms with E-state index in [9.17, 15) is 5.11 Å². The highest BCUT2D eigenvalue weighted by molar-refractivity contribution is 6.35. The van der Waals surface area contributed by atoms with E-state index in [1.165, 1.54) is 6.07 Å². The van der Waals surface area contributed by atoms with E-state index >= 15 is 0 Å². The maximum Gasteiger partial charge on any atom is 0.122 e. The van der Waals surface area contributed by atoms with Gasteiger partial charge < -0.3 is 5.11 Å². The minimum absolute atomic E-state index is 0.0566. The van der Waals surface area contributed by atoms with E-state index in [4.69, 9.17) is 46.4 Å². The molecule has 0 radical (unpaired) electrons. The maximum atomic E-state index is 10.0. The summed E-state index contributed by atoms with van der Waals surface area (Å²) in [5.74, 6) is -0.0953. The smallest absolute Gasteiger partial charge is 0.122 e. The molecule has 0 spiro atoms. The number of aromatic hydroxyl groups is 1. The van der Waals surface area contributed by atoms with Crippen molar-refractivity contribution in [1.82, 2.24) is 0 Å². The van der Waals surface area contributed by atoms with Gasteiger partial charge in [-0.25, -0.2) is 0 Å². The van der Waals surface area contributed by atoms with Crippen molar-refractivity contribution in [3.05, 3.63) is 61.5 Å². The molecule has 0 heterocycles. The topological polar surface area (TPSA) is 20.2 Å². The molecule has 1 nitrogen and oxygen atoms in total. The molecular formula is C14H10Cl4O. The Morgan fingerprint density at radius 3 is 1.89 bits per heavy atom. The predicted octanol–water partition coefficient (Wildman–Crippen LogP) is 6.16. The van der Waals surface area contributed by atoms with Crippen LogP contribution < -0.4 is 0 Å². The molecule has 19 heavy (non-hydrogen) atoms. The molecule has 5 heteroatoms. The first-order valence-electron chi connectivity index (χ1n) is 5.52. The third kappa shape index (κ3) is 3.29. The first kappa shape index (κ1) is 14.8. The summed E-state index contributed by atoms with van der Waals surface area (Å²) < 4.78 is 0. The number of halogens is 4. The summed E-state index contributed by atoms with van der Waals surface area (Å²) in [7, 11) is 0. The van der Waals surface area contributed by atoms with E-state index in [2.05, 4.69) is 0 Å². The first-order chi connectivity index (χ1) is 8.88. The summed E-state index contributed by atoms with van der Waals surface area (Å²) in [6.45, 7) is 1.91. The van der Waals surface area contributed by atoms with Crippen molar-refractivity contribution in [2.75, 3.05) is 0 Å². The van der Waals surface area contributed by atoms with Crippen molar-refractivity contribution in [2.24, 2.45) is 0 Å². The quantitative estimate of drug-likeness (QED) is 0.697. The third-order valence-electron chi connectivity index (χ3n) is 2.89. The van der Waals surface area contributed by atoms with Crippen LogP contribution in [-0.4, -0.2) is 5.11 Å². The standard InChI is InChI=1S/C14H10Cl4O/c1-7(8-2-9(15)4-10(16)3-8)14-12(18)5-11(17)6-13(14)19/h2-7,19H,1H3. The van der Waals surface area contributed by atoms with Gasteiger partial charge in [-0.2, -0.15) is 0 Å². The van der Waals surface area contributed by atoms with Gasteiger partial charge in [0.05, 0.1) is 0 Å². The van der Waals surface area contributed by atoms with Crippen LogP contribution in [-0.2, 0) is 0 Å². The van der Waals surface area contributed by atoms with Crippen LogP contribution >= 0.6 is 46.4 Å². The van der Waals surface area contributed by atoms with E-state index in [0.717, 1.165) is 5.56 Å². The summed E-state index contributed by atoms with van der Waals surface area (Å²) in [5.41, 5.74) is 1.47. The van der Waals surface area contributed by atoms with Crippen LogP contribution in [0, 0.1) is 0 Å². The van der Waals surface area contributed by atoms with Gasteiger partial charge in [-0.05, 0) is 35.9 Å². The molecule has 2 aromatic carbocycles. The molecule has 0 fully saturated rings. The molecule has 0 saturated carbocycles. The van der Waals surface area contributed by atoms with E-state index in [0.29, 0.717) is 25.7 Å². The Bertz CT molecular complexity index is 582. The average molecular weight is 336 g/mol. The highest BCUT2D eigenvalue weighted by Crippen LogP contribution is 2.39. The van der Waals surface area contributed by atoms with Gasteiger partial charge in [0.25, 0.3) is 0 Å². The van der Waals surface area contributed by atoms with E-state index in [-0.39, 0.29) is 11.7 Å². The van der Waals surface area contributed by atoms with Crippen LogP contribution in [0.1, 0.15) is 24.0 Å². The lowest BCUT2D eigenvalue weighted by molar-refractivity contribution is 0.466. The van der Waals surface area contributed by atoms with Crippen molar-refractivity contribution < 1.29 is 5.11 Å². The van der Waals surface area contributed by atoms with Crippen LogP contribution in [0.25, 0.3) is 0 Å². The molecule has 0 aliphatic heterocycles. The molecule has 1 N–H and O–H groups in total. The monoisotopic (exact) mass is 334 g/mol. The number of phenolic OH excluding ortho intramolecular Hbond substituents is 1. The Morgan fingerprint density at radius 2 is 1.37 bits per heavy atom. The normalized spacial score (nSPS) is 12.5. The van der Waals surface area contributed by atoms with Crippen LogP contribution in [0.4, 0.5) is 0 Å². The van der Waals surface area contributed by atoms with E-state index in [1.54, 1.807) is 24.3 Å². The molecule has 0 aliphatic rings. The first-order valence-corrected chi connectivity index (χ1v) is 7.03. The largest absolute Gasteiger partial charge is 0.508 e. The fraction of sp³-hybridized carbons (Fsp3) is 0.143.